The summed E-state index contributed by atoms with van der Waals surface area (Å²) in [5.41, 5.74) is 10.1. The first-order valence-electron chi connectivity index (χ1n) is 7.13. The summed E-state index contributed by atoms with van der Waals surface area (Å²) in [6.07, 6.45) is 0.836. The molecule has 3 aromatic rings. The van der Waals surface area contributed by atoms with E-state index in [-0.39, 0.29) is 0 Å². The molecule has 5 heteroatoms. The van der Waals surface area contributed by atoms with Crippen LogP contribution in [0.2, 0.25) is 5.02 Å². The molecule has 2 N–H and O–H groups in total. The SMILES string of the molecule is CCc1nn(C)c(Cn2c(CN)cc3ccccc32)c1Cl. The Bertz CT molecular complexity index is 785. The molecule has 4 nitrogen and oxygen atoms in total. The van der Waals surface area contributed by atoms with Crippen LogP contribution in [-0.2, 0) is 26.6 Å². The highest BCUT2D eigenvalue weighted by Crippen LogP contribution is 2.25. The number of aryl methyl sites for hydroxylation is 2. The van der Waals surface area contributed by atoms with Gasteiger partial charge in [-0.25, -0.2) is 0 Å². The molecule has 0 unspecified atom stereocenters. The van der Waals surface area contributed by atoms with Gasteiger partial charge in [0.2, 0.25) is 0 Å². The van der Waals surface area contributed by atoms with E-state index in [0.717, 1.165) is 28.5 Å². The van der Waals surface area contributed by atoms with Crippen molar-refractivity contribution in [1.29, 1.82) is 0 Å². The van der Waals surface area contributed by atoms with Crippen molar-refractivity contribution in [3.8, 4) is 0 Å². The summed E-state index contributed by atoms with van der Waals surface area (Å²) < 4.78 is 4.09. The smallest absolute Gasteiger partial charge is 0.0868 e. The van der Waals surface area contributed by atoms with E-state index in [9.17, 15) is 0 Å². The van der Waals surface area contributed by atoms with Crippen molar-refractivity contribution in [2.24, 2.45) is 12.8 Å². The van der Waals surface area contributed by atoms with Gasteiger partial charge < -0.3 is 10.3 Å². The van der Waals surface area contributed by atoms with E-state index in [1.807, 2.05) is 23.9 Å². The molecule has 0 aliphatic carbocycles. The number of rotatable bonds is 4. The molecule has 3 rings (SSSR count). The predicted molar refractivity (Wildman–Crippen MR) is 86.5 cm³/mol. The van der Waals surface area contributed by atoms with E-state index in [4.69, 9.17) is 17.3 Å². The van der Waals surface area contributed by atoms with Gasteiger partial charge in [-0.2, -0.15) is 5.10 Å². The monoisotopic (exact) mass is 302 g/mol. The molecule has 0 spiro atoms. The number of hydrogen-bond acceptors (Lipinski definition) is 2. The quantitative estimate of drug-likeness (QED) is 0.805. The number of nitrogens with zero attached hydrogens (tertiary/aromatic N) is 3. The number of halogens is 1. The lowest BCUT2D eigenvalue weighted by molar-refractivity contribution is 0.656. The van der Waals surface area contributed by atoms with E-state index < -0.39 is 0 Å². The number of fused-ring (bicyclic) bond motifs is 1. The third kappa shape index (κ3) is 2.34. The standard InChI is InChI=1S/C16H19ClN4/c1-3-13-16(17)15(20(2)19-13)10-21-12(9-18)8-11-6-4-5-7-14(11)21/h4-8H,3,9-10,18H2,1-2H3. The summed E-state index contributed by atoms with van der Waals surface area (Å²) in [5, 5.41) is 6.45. The van der Waals surface area contributed by atoms with Gasteiger partial charge in [-0.05, 0) is 23.9 Å². The second kappa shape index (κ2) is 5.54. The van der Waals surface area contributed by atoms with Crippen LogP contribution in [0.25, 0.3) is 10.9 Å². The highest BCUT2D eigenvalue weighted by molar-refractivity contribution is 6.31. The van der Waals surface area contributed by atoms with Crippen LogP contribution in [0.15, 0.2) is 30.3 Å². The molecule has 0 aliphatic heterocycles. The van der Waals surface area contributed by atoms with E-state index in [0.29, 0.717) is 13.1 Å². The van der Waals surface area contributed by atoms with E-state index in [2.05, 4.69) is 34.8 Å². The lowest BCUT2D eigenvalue weighted by atomic mass is 10.2. The maximum atomic E-state index is 6.47. The minimum absolute atomic E-state index is 0.505. The Labute approximate surface area is 129 Å². The van der Waals surface area contributed by atoms with Gasteiger partial charge >= 0.3 is 0 Å². The molecular weight excluding hydrogens is 284 g/mol. The van der Waals surface area contributed by atoms with Crippen LogP contribution in [0.5, 0.6) is 0 Å². The fourth-order valence-corrected chi connectivity index (χ4v) is 3.12. The second-order valence-electron chi connectivity index (χ2n) is 5.17. The van der Waals surface area contributed by atoms with Gasteiger partial charge in [-0.3, -0.25) is 4.68 Å². The Morgan fingerprint density at radius 1 is 1.29 bits per heavy atom. The summed E-state index contributed by atoms with van der Waals surface area (Å²) in [6.45, 7) is 3.25. The molecule has 0 saturated carbocycles. The van der Waals surface area contributed by atoms with Crippen LogP contribution in [0.1, 0.15) is 24.0 Å². The molecule has 2 heterocycles. The van der Waals surface area contributed by atoms with Crippen LogP contribution in [-0.4, -0.2) is 14.3 Å². The minimum Gasteiger partial charge on any atom is -0.337 e. The molecule has 0 radical (unpaired) electrons. The van der Waals surface area contributed by atoms with Gasteiger partial charge in [-0.1, -0.05) is 36.7 Å². The first-order valence-corrected chi connectivity index (χ1v) is 7.51. The van der Waals surface area contributed by atoms with E-state index >= 15 is 0 Å². The zero-order valence-electron chi connectivity index (χ0n) is 12.3. The van der Waals surface area contributed by atoms with Crippen LogP contribution in [0, 0.1) is 0 Å². The second-order valence-corrected chi connectivity index (χ2v) is 5.55. The zero-order valence-corrected chi connectivity index (χ0v) is 13.1. The Morgan fingerprint density at radius 3 is 2.71 bits per heavy atom. The lowest BCUT2D eigenvalue weighted by Gasteiger charge is -2.10. The summed E-state index contributed by atoms with van der Waals surface area (Å²) in [6, 6.07) is 10.4. The number of hydrogen-bond donors (Lipinski definition) is 1. The maximum Gasteiger partial charge on any atom is 0.0868 e. The number of aromatic nitrogens is 3. The van der Waals surface area contributed by atoms with Gasteiger partial charge in [0, 0.05) is 24.8 Å². The van der Waals surface area contributed by atoms with Gasteiger partial charge in [0.25, 0.3) is 0 Å². The Morgan fingerprint density at radius 2 is 2.05 bits per heavy atom. The van der Waals surface area contributed by atoms with Gasteiger partial charge in [-0.15, -0.1) is 0 Å². The molecule has 0 bridgehead atoms. The molecule has 0 atom stereocenters. The van der Waals surface area contributed by atoms with Crippen LogP contribution < -0.4 is 5.73 Å². The van der Waals surface area contributed by atoms with Crippen LogP contribution >= 0.6 is 11.6 Å². The van der Waals surface area contributed by atoms with Crippen molar-refractivity contribution in [2.75, 3.05) is 0 Å². The van der Waals surface area contributed by atoms with Gasteiger partial charge in [0.05, 0.1) is 23.0 Å². The third-order valence-corrected chi connectivity index (χ3v) is 4.35. The maximum absolute atomic E-state index is 6.47. The zero-order chi connectivity index (χ0) is 15.0. The highest BCUT2D eigenvalue weighted by atomic mass is 35.5. The molecule has 110 valence electrons. The fraction of sp³-hybridized carbons (Fsp3) is 0.312. The van der Waals surface area contributed by atoms with Crippen molar-refractivity contribution in [3.63, 3.8) is 0 Å². The Hall–Kier alpha value is -1.78. The molecule has 0 saturated heterocycles. The topological polar surface area (TPSA) is 48.8 Å². The summed E-state index contributed by atoms with van der Waals surface area (Å²) >= 11 is 6.47. The summed E-state index contributed by atoms with van der Waals surface area (Å²) in [4.78, 5) is 0. The van der Waals surface area contributed by atoms with Crippen LogP contribution in [0.4, 0.5) is 0 Å². The fourth-order valence-electron chi connectivity index (χ4n) is 2.76. The van der Waals surface area contributed by atoms with E-state index in [1.54, 1.807) is 0 Å². The van der Waals surface area contributed by atoms with Crippen molar-refractivity contribution >= 4 is 22.5 Å². The highest BCUT2D eigenvalue weighted by Gasteiger charge is 2.16. The molecule has 0 fully saturated rings. The average molecular weight is 303 g/mol. The molecule has 0 aliphatic rings. The van der Waals surface area contributed by atoms with Crippen LogP contribution in [0.3, 0.4) is 0 Å². The average Bonchev–Trinajstić information content (AvgIpc) is 2.99. The molecular formula is C16H19ClN4. The summed E-state index contributed by atoms with van der Waals surface area (Å²) in [7, 11) is 1.94. The largest absolute Gasteiger partial charge is 0.337 e. The molecule has 21 heavy (non-hydrogen) atoms. The van der Waals surface area contributed by atoms with Crippen molar-refractivity contribution in [2.45, 2.75) is 26.4 Å². The van der Waals surface area contributed by atoms with Gasteiger partial charge in [0.15, 0.2) is 0 Å². The number of para-hydroxylation sites is 1. The first-order chi connectivity index (χ1) is 10.2. The van der Waals surface area contributed by atoms with Crippen molar-refractivity contribution in [1.82, 2.24) is 14.3 Å². The molecule has 2 aromatic heterocycles. The third-order valence-electron chi connectivity index (χ3n) is 3.92. The number of benzene rings is 1. The lowest BCUT2D eigenvalue weighted by Crippen LogP contribution is -2.11. The summed E-state index contributed by atoms with van der Waals surface area (Å²) in [5.74, 6) is 0. The van der Waals surface area contributed by atoms with Crippen molar-refractivity contribution < 1.29 is 0 Å². The Balaban J connectivity index is 2.11. The van der Waals surface area contributed by atoms with Gasteiger partial charge in [0.1, 0.15) is 0 Å². The number of nitrogens with two attached hydrogens (primary N) is 1. The Kier molecular flexibility index (Phi) is 3.74. The minimum atomic E-state index is 0.505. The first kappa shape index (κ1) is 14.2. The van der Waals surface area contributed by atoms with Crippen molar-refractivity contribution in [3.05, 3.63) is 52.4 Å². The molecule has 0 amide bonds. The van der Waals surface area contributed by atoms with E-state index in [1.165, 1.54) is 10.9 Å². The molecule has 1 aromatic carbocycles. The normalized spacial score (nSPS) is 11.4. The predicted octanol–water partition coefficient (Wildman–Crippen LogP) is 3.10.